The highest BCUT2D eigenvalue weighted by Crippen LogP contribution is 2.20. The zero-order chi connectivity index (χ0) is 16.3. The minimum Gasteiger partial charge on any atom is -0.363 e. The lowest BCUT2D eigenvalue weighted by atomic mass is 9.94. The Labute approximate surface area is 146 Å². The molecule has 1 aromatic heterocycles. The third kappa shape index (κ3) is 6.69. The molecule has 1 heterocycles. The minimum absolute atomic E-state index is 0.701. The monoisotopic (exact) mass is 331 g/mol. The number of allylic oxidation sites excluding steroid dienone is 2. The minimum atomic E-state index is 0.701. The molecular formula is C19H29N3S. The molecule has 0 unspecified atom stereocenters. The summed E-state index contributed by atoms with van der Waals surface area (Å²) in [7, 11) is 0. The first-order chi connectivity index (χ1) is 11.3. The lowest BCUT2D eigenvalue weighted by Crippen LogP contribution is -2.42. The highest BCUT2D eigenvalue weighted by molar-refractivity contribution is 7.80. The first kappa shape index (κ1) is 17.9. The van der Waals surface area contributed by atoms with Crippen molar-refractivity contribution in [1.82, 2.24) is 15.2 Å². The van der Waals surface area contributed by atoms with E-state index in [1.807, 2.05) is 18.5 Å². The van der Waals surface area contributed by atoms with Crippen LogP contribution in [0.1, 0.15) is 51.0 Å². The van der Waals surface area contributed by atoms with Crippen LogP contribution >= 0.6 is 12.2 Å². The number of hydrogen-bond acceptors (Lipinski definition) is 2. The fourth-order valence-corrected chi connectivity index (χ4v) is 3.19. The van der Waals surface area contributed by atoms with E-state index in [1.54, 1.807) is 0 Å². The lowest BCUT2D eigenvalue weighted by Gasteiger charge is -2.30. The number of hydrogen-bond donors (Lipinski definition) is 1. The molecule has 23 heavy (non-hydrogen) atoms. The van der Waals surface area contributed by atoms with Crippen molar-refractivity contribution in [2.24, 2.45) is 5.92 Å². The first-order valence-electron chi connectivity index (χ1n) is 8.86. The zero-order valence-corrected chi connectivity index (χ0v) is 15.0. The molecule has 1 aromatic rings. The van der Waals surface area contributed by atoms with Gasteiger partial charge < -0.3 is 10.2 Å². The largest absolute Gasteiger partial charge is 0.363 e. The summed E-state index contributed by atoms with van der Waals surface area (Å²) in [5.74, 6) is 0.701. The van der Waals surface area contributed by atoms with Crippen molar-refractivity contribution < 1.29 is 0 Å². The van der Waals surface area contributed by atoms with E-state index in [9.17, 15) is 0 Å². The molecule has 0 saturated carbocycles. The Hall–Kier alpha value is -1.42. The van der Waals surface area contributed by atoms with Crippen LogP contribution in [-0.2, 0) is 6.54 Å². The Morgan fingerprint density at radius 2 is 2.30 bits per heavy atom. The third-order valence-corrected chi connectivity index (χ3v) is 4.70. The topological polar surface area (TPSA) is 28.2 Å². The van der Waals surface area contributed by atoms with Crippen LogP contribution in [-0.4, -0.2) is 28.1 Å². The molecule has 1 N–H and O–H groups in total. The number of rotatable bonds is 8. The van der Waals surface area contributed by atoms with Crippen molar-refractivity contribution in [2.45, 2.75) is 52.0 Å². The SMILES string of the molecule is CCCCCNC(=S)N(Cc1cccnc1)C[C@@H]1CC=CCC1. The van der Waals surface area contributed by atoms with Crippen molar-refractivity contribution in [2.75, 3.05) is 13.1 Å². The fraction of sp³-hybridized carbons (Fsp3) is 0.579. The van der Waals surface area contributed by atoms with Gasteiger partial charge in [-0.2, -0.15) is 0 Å². The molecular weight excluding hydrogens is 302 g/mol. The van der Waals surface area contributed by atoms with Gasteiger partial charge in [-0.1, -0.05) is 38.0 Å². The van der Waals surface area contributed by atoms with Gasteiger partial charge >= 0.3 is 0 Å². The van der Waals surface area contributed by atoms with E-state index in [1.165, 1.54) is 44.1 Å². The van der Waals surface area contributed by atoms with E-state index in [4.69, 9.17) is 12.2 Å². The first-order valence-corrected chi connectivity index (χ1v) is 9.27. The summed E-state index contributed by atoms with van der Waals surface area (Å²) in [6.45, 7) is 5.07. The van der Waals surface area contributed by atoms with Gasteiger partial charge in [0, 0.05) is 32.0 Å². The molecule has 0 spiro atoms. The number of unbranched alkanes of at least 4 members (excludes halogenated alkanes) is 2. The van der Waals surface area contributed by atoms with Gasteiger partial charge in [0.25, 0.3) is 0 Å². The Balaban J connectivity index is 1.92. The van der Waals surface area contributed by atoms with E-state index in [0.29, 0.717) is 5.92 Å². The second-order valence-electron chi connectivity index (χ2n) is 6.33. The van der Waals surface area contributed by atoms with Gasteiger partial charge in [-0.25, -0.2) is 0 Å². The quantitative estimate of drug-likeness (QED) is 0.437. The second-order valence-corrected chi connectivity index (χ2v) is 6.72. The van der Waals surface area contributed by atoms with Crippen molar-refractivity contribution in [1.29, 1.82) is 0 Å². The summed E-state index contributed by atoms with van der Waals surface area (Å²) < 4.78 is 0. The second kappa shape index (κ2) is 10.4. The van der Waals surface area contributed by atoms with E-state index < -0.39 is 0 Å². The molecule has 126 valence electrons. The number of nitrogens with zero attached hydrogens (tertiary/aromatic N) is 2. The van der Waals surface area contributed by atoms with Crippen LogP contribution in [0.5, 0.6) is 0 Å². The van der Waals surface area contributed by atoms with Crippen LogP contribution in [0.2, 0.25) is 0 Å². The Morgan fingerprint density at radius 1 is 1.39 bits per heavy atom. The van der Waals surface area contributed by atoms with Crippen LogP contribution in [0.4, 0.5) is 0 Å². The molecule has 4 heteroatoms. The fourth-order valence-electron chi connectivity index (χ4n) is 2.95. The highest BCUT2D eigenvalue weighted by atomic mass is 32.1. The summed E-state index contributed by atoms with van der Waals surface area (Å²) in [5, 5.41) is 4.33. The molecule has 1 atom stereocenters. The maximum absolute atomic E-state index is 5.67. The average Bonchev–Trinajstić information content (AvgIpc) is 2.60. The van der Waals surface area contributed by atoms with Crippen molar-refractivity contribution >= 4 is 17.3 Å². The molecule has 0 fully saturated rings. The molecule has 2 rings (SSSR count). The zero-order valence-electron chi connectivity index (χ0n) is 14.2. The summed E-state index contributed by atoms with van der Waals surface area (Å²) in [6.07, 6.45) is 15.7. The molecule has 1 aliphatic rings. The van der Waals surface area contributed by atoms with Gasteiger partial charge in [0.2, 0.25) is 0 Å². The Bertz CT molecular complexity index is 487. The van der Waals surface area contributed by atoms with Gasteiger partial charge in [0.05, 0.1) is 0 Å². The van der Waals surface area contributed by atoms with Crippen molar-refractivity contribution in [3.63, 3.8) is 0 Å². The smallest absolute Gasteiger partial charge is 0.169 e. The predicted octanol–water partition coefficient (Wildman–Crippen LogP) is 4.30. The number of aromatic nitrogens is 1. The van der Waals surface area contributed by atoms with Crippen LogP contribution in [0.3, 0.4) is 0 Å². The van der Waals surface area contributed by atoms with E-state index >= 15 is 0 Å². The number of thiocarbonyl (C=S) groups is 1. The van der Waals surface area contributed by atoms with Crippen LogP contribution < -0.4 is 5.32 Å². The van der Waals surface area contributed by atoms with E-state index in [2.05, 4.69) is 40.3 Å². The normalized spacial score (nSPS) is 17.0. The van der Waals surface area contributed by atoms with E-state index in [-0.39, 0.29) is 0 Å². The standard InChI is InChI=1S/C19H29N3S/c1-2-3-7-13-21-19(23)22(15-17-9-5-4-6-10-17)16-18-11-8-12-20-14-18/h4-5,8,11-12,14,17H,2-3,6-7,9-10,13,15-16H2,1H3,(H,21,23)/t17-/m1/s1. The third-order valence-electron chi connectivity index (χ3n) is 4.30. The van der Waals surface area contributed by atoms with Gasteiger partial charge in [-0.05, 0) is 55.4 Å². The van der Waals surface area contributed by atoms with Crippen molar-refractivity contribution in [3.8, 4) is 0 Å². The molecule has 0 amide bonds. The summed E-state index contributed by atoms with van der Waals surface area (Å²) in [5.41, 5.74) is 1.22. The van der Waals surface area contributed by atoms with Gasteiger partial charge in [0.1, 0.15) is 0 Å². The highest BCUT2D eigenvalue weighted by Gasteiger charge is 2.17. The van der Waals surface area contributed by atoms with Gasteiger partial charge in [0.15, 0.2) is 5.11 Å². The van der Waals surface area contributed by atoms with Crippen LogP contribution in [0.15, 0.2) is 36.7 Å². The molecule has 0 saturated heterocycles. The average molecular weight is 332 g/mol. The van der Waals surface area contributed by atoms with Crippen LogP contribution in [0.25, 0.3) is 0 Å². The summed E-state index contributed by atoms with van der Waals surface area (Å²) in [4.78, 5) is 6.55. The molecule has 0 radical (unpaired) electrons. The summed E-state index contributed by atoms with van der Waals surface area (Å²) >= 11 is 5.67. The molecule has 0 bridgehead atoms. The maximum Gasteiger partial charge on any atom is 0.169 e. The Kier molecular flexibility index (Phi) is 8.08. The van der Waals surface area contributed by atoms with Gasteiger partial charge in [-0.3, -0.25) is 4.98 Å². The predicted molar refractivity (Wildman–Crippen MR) is 101 cm³/mol. The number of nitrogens with one attached hydrogen (secondary N) is 1. The molecule has 0 aromatic carbocycles. The summed E-state index contributed by atoms with van der Waals surface area (Å²) in [6, 6.07) is 4.12. The maximum atomic E-state index is 5.67. The van der Waals surface area contributed by atoms with Gasteiger partial charge in [-0.15, -0.1) is 0 Å². The van der Waals surface area contributed by atoms with E-state index in [0.717, 1.165) is 24.7 Å². The van der Waals surface area contributed by atoms with Crippen molar-refractivity contribution in [3.05, 3.63) is 42.2 Å². The molecule has 1 aliphatic carbocycles. The lowest BCUT2D eigenvalue weighted by molar-refractivity contribution is 0.312. The Morgan fingerprint density at radius 3 is 3.00 bits per heavy atom. The van der Waals surface area contributed by atoms with Crippen LogP contribution in [0, 0.1) is 5.92 Å². The molecule has 0 aliphatic heterocycles. The number of pyridine rings is 1. The molecule has 3 nitrogen and oxygen atoms in total.